The lowest BCUT2D eigenvalue weighted by molar-refractivity contribution is -0.123. The van der Waals surface area contributed by atoms with E-state index in [1.165, 1.54) is 0 Å². The summed E-state index contributed by atoms with van der Waals surface area (Å²) in [6, 6.07) is 4.24. The molecule has 1 saturated heterocycles. The quantitative estimate of drug-likeness (QED) is 0.440. The molecule has 8 heteroatoms. The number of rotatable bonds is 10. The third-order valence-corrected chi connectivity index (χ3v) is 7.29. The maximum atomic E-state index is 12.8. The molecule has 0 atom stereocenters. The zero-order valence-electron chi connectivity index (χ0n) is 21.2. The smallest absolute Gasteiger partial charge is 0.224 e. The van der Waals surface area contributed by atoms with Crippen LogP contribution in [0.15, 0.2) is 24.5 Å². The number of piperidine rings is 1. The molecular formula is C27H40N6O2. The van der Waals surface area contributed by atoms with Gasteiger partial charge in [-0.1, -0.05) is 19.4 Å². The molecule has 0 radical (unpaired) electrons. The van der Waals surface area contributed by atoms with Crippen LogP contribution >= 0.6 is 0 Å². The van der Waals surface area contributed by atoms with Gasteiger partial charge in [-0.05, 0) is 76.7 Å². The van der Waals surface area contributed by atoms with Crippen LogP contribution in [-0.2, 0) is 11.2 Å². The third-order valence-electron chi connectivity index (χ3n) is 7.29. The second-order valence-electron chi connectivity index (χ2n) is 10.2. The lowest BCUT2D eigenvalue weighted by atomic mass is 9.90. The fourth-order valence-electron chi connectivity index (χ4n) is 4.92. The summed E-state index contributed by atoms with van der Waals surface area (Å²) in [5.41, 5.74) is 2.59. The summed E-state index contributed by atoms with van der Waals surface area (Å²) in [6.07, 6.45) is 11.4. The standard InChI is InChI=1S/C27H40N6O2/c1-3-4-13-28-27-30-18-23(26(32-27)31-21-6-8-22(34)9-7-21)24-10-5-19(17-29-24)16-25(35)20-11-14-33(2)15-12-20/h5,10,17-18,20-22,34H,3-4,6-9,11-16H2,1-2H3,(H2,28,30,31,32). The first-order valence-electron chi connectivity index (χ1n) is 13.2. The molecule has 0 spiro atoms. The molecule has 4 rings (SSSR count). The fourth-order valence-corrected chi connectivity index (χ4v) is 4.92. The van der Waals surface area contributed by atoms with Crippen molar-refractivity contribution in [2.24, 2.45) is 5.92 Å². The Morgan fingerprint density at radius 3 is 2.54 bits per heavy atom. The number of hydrogen-bond acceptors (Lipinski definition) is 8. The summed E-state index contributed by atoms with van der Waals surface area (Å²) < 4.78 is 0. The van der Waals surface area contributed by atoms with Crippen LogP contribution in [0.1, 0.15) is 63.9 Å². The zero-order chi connectivity index (χ0) is 24.6. The summed E-state index contributed by atoms with van der Waals surface area (Å²) in [5.74, 6) is 1.86. The molecule has 35 heavy (non-hydrogen) atoms. The molecule has 0 aromatic carbocycles. The van der Waals surface area contributed by atoms with Gasteiger partial charge in [0.25, 0.3) is 0 Å². The van der Waals surface area contributed by atoms with Gasteiger partial charge >= 0.3 is 0 Å². The maximum Gasteiger partial charge on any atom is 0.224 e. The normalized spacial score (nSPS) is 21.6. The van der Waals surface area contributed by atoms with Crippen molar-refractivity contribution in [3.8, 4) is 11.3 Å². The molecule has 0 unspecified atom stereocenters. The molecule has 2 aliphatic rings. The van der Waals surface area contributed by atoms with E-state index in [9.17, 15) is 9.90 Å². The number of hydrogen-bond donors (Lipinski definition) is 3. The Labute approximate surface area is 209 Å². The van der Waals surface area contributed by atoms with Gasteiger partial charge in [0.15, 0.2) is 0 Å². The van der Waals surface area contributed by atoms with E-state index >= 15 is 0 Å². The van der Waals surface area contributed by atoms with Gasteiger partial charge in [0.05, 0.1) is 17.4 Å². The van der Waals surface area contributed by atoms with Crippen molar-refractivity contribution in [2.45, 2.75) is 76.9 Å². The van der Waals surface area contributed by atoms with E-state index in [0.29, 0.717) is 18.2 Å². The molecule has 0 amide bonds. The minimum absolute atomic E-state index is 0.164. The van der Waals surface area contributed by atoms with Crippen LogP contribution in [0.5, 0.6) is 0 Å². The van der Waals surface area contributed by atoms with Gasteiger partial charge in [-0.25, -0.2) is 4.98 Å². The van der Waals surface area contributed by atoms with Gasteiger partial charge in [-0.3, -0.25) is 9.78 Å². The number of anilines is 2. The second kappa shape index (κ2) is 12.4. The predicted molar refractivity (Wildman–Crippen MR) is 139 cm³/mol. The van der Waals surface area contributed by atoms with E-state index < -0.39 is 0 Å². The highest BCUT2D eigenvalue weighted by atomic mass is 16.3. The minimum atomic E-state index is -0.198. The second-order valence-corrected chi connectivity index (χ2v) is 10.2. The number of carbonyl (C=O) groups is 1. The monoisotopic (exact) mass is 480 g/mol. The molecule has 2 aromatic rings. The average Bonchev–Trinajstić information content (AvgIpc) is 2.87. The van der Waals surface area contributed by atoms with Crippen LogP contribution in [0, 0.1) is 5.92 Å². The first kappa shape index (κ1) is 25.5. The van der Waals surface area contributed by atoms with E-state index in [2.05, 4.69) is 39.5 Å². The van der Waals surface area contributed by atoms with Gasteiger partial charge in [-0.2, -0.15) is 4.98 Å². The fraction of sp³-hybridized carbons (Fsp3) is 0.630. The maximum absolute atomic E-state index is 12.8. The van der Waals surface area contributed by atoms with Gasteiger partial charge in [0.2, 0.25) is 5.95 Å². The zero-order valence-corrected chi connectivity index (χ0v) is 21.2. The molecule has 8 nitrogen and oxygen atoms in total. The van der Waals surface area contributed by atoms with Crippen LogP contribution < -0.4 is 10.6 Å². The minimum Gasteiger partial charge on any atom is -0.393 e. The summed E-state index contributed by atoms with van der Waals surface area (Å²) in [7, 11) is 2.11. The first-order valence-corrected chi connectivity index (χ1v) is 13.2. The van der Waals surface area contributed by atoms with Crippen molar-refractivity contribution in [3.63, 3.8) is 0 Å². The van der Waals surface area contributed by atoms with Crippen molar-refractivity contribution in [1.82, 2.24) is 19.9 Å². The molecule has 2 aromatic heterocycles. The number of aromatic nitrogens is 3. The Morgan fingerprint density at radius 1 is 1.09 bits per heavy atom. The Morgan fingerprint density at radius 2 is 1.86 bits per heavy atom. The van der Waals surface area contributed by atoms with Crippen LogP contribution in [0.4, 0.5) is 11.8 Å². The van der Waals surface area contributed by atoms with Gasteiger partial charge < -0.3 is 20.6 Å². The van der Waals surface area contributed by atoms with Gasteiger partial charge in [-0.15, -0.1) is 0 Å². The van der Waals surface area contributed by atoms with Crippen LogP contribution in [0.3, 0.4) is 0 Å². The van der Waals surface area contributed by atoms with Gasteiger partial charge in [0, 0.05) is 37.3 Å². The third kappa shape index (κ3) is 7.21. The Bertz CT molecular complexity index is 951. The van der Waals surface area contributed by atoms with E-state index in [4.69, 9.17) is 4.98 Å². The average molecular weight is 481 g/mol. The predicted octanol–water partition coefficient (Wildman–Crippen LogP) is 3.92. The van der Waals surface area contributed by atoms with Crippen molar-refractivity contribution in [1.29, 1.82) is 0 Å². The van der Waals surface area contributed by atoms with Gasteiger partial charge in [0.1, 0.15) is 11.6 Å². The number of nitrogens with zero attached hydrogens (tertiary/aromatic N) is 4. The molecule has 190 valence electrons. The molecule has 2 fully saturated rings. The van der Waals surface area contributed by atoms with Crippen LogP contribution in [0.25, 0.3) is 11.3 Å². The lowest BCUT2D eigenvalue weighted by Gasteiger charge is -2.28. The number of pyridine rings is 1. The molecule has 0 bridgehead atoms. The summed E-state index contributed by atoms with van der Waals surface area (Å²) in [6.45, 7) is 4.98. The lowest BCUT2D eigenvalue weighted by Crippen LogP contribution is -2.34. The first-order chi connectivity index (χ1) is 17.0. The Balaban J connectivity index is 1.47. The van der Waals surface area contributed by atoms with Crippen molar-refractivity contribution in [3.05, 3.63) is 30.1 Å². The molecule has 3 heterocycles. The van der Waals surface area contributed by atoms with Crippen LogP contribution in [-0.4, -0.2) is 69.6 Å². The number of ketones is 1. The number of Topliss-reactive ketones (excluding diaryl/α,β-unsaturated/α-hetero) is 1. The van der Waals surface area contributed by atoms with E-state index in [1.54, 1.807) is 0 Å². The van der Waals surface area contributed by atoms with Crippen LogP contribution in [0.2, 0.25) is 0 Å². The van der Waals surface area contributed by atoms with E-state index in [0.717, 1.165) is 93.6 Å². The largest absolute Gasteiger partial charge is 0.393 e. The Kier molecular flexibility index (Phi) is 9.04. The summed E-state index contributed by atoms with van der Waals surface area (Å²) in [4.78, 5) is 29.1. The van der Waals surface area contributed by atoms with Crippen molar-refractivity contribution >= 4 is 17.5 Å². The summed E-state index contributed by atoms with van der Waals surface area (Å²) >= 11 is 0. The molecule has 1 aliphatic carbocycles. The number of unbranched alkanes of at least 4 members (excludes halogenated alkanes) is 1. The summed E-state index contributed by atoms with van der Waals surface area (Å²) in [5, 5.41) is 16.8. The highest BCUT2D eigenvalue weighted by Crippen LogP contribution is 2.29. The molecule has 1 saturated carbocycles. The molecule has 3 N–H and O–H groups in total. The SMILES string of the molecule is CCCCNc1ncc(-c2ccc(CC(=O)C3CCN(C)CC3)cn2)c(NC2CCC(O)CC2)n1. The number of aliphatic hydroxyl groups is 1. The number of likely N-dealkylation sites (tertiary alicyclic amines) is 1. The Hall–Kier alpha value is -2.58. The topological polar surface area (TPSA) is 103 Å². The van der Waals surface area contributed by atoms with Crippen molar-refractivity contribution < 1.29 is 9.90 Å². The molecular weight excluding hydrogens is 440 g/mol. The molecule has 1 aliphatic heterocycles. The number of aliphatic hydroxyl groups excluding tert-OH is 1. The number of carbonyl (C=O) groups excluding carboxylic acids is 1. The van der Waals surface area contributed by atoms with Crippen molar-refractivity contribution in [2.75, 3.05) is 37.3 Å². The number of nitrogens with one attached hydrogen (secondary N) is 2. The highest BCUT2D eigenvalue weighted by Gasteiger charge is 2.24. The highest BCUT2D eigenvalue weighted by molar-refractivity contribution is 5.83. The van der Waals surface area contributed by atoms with E-state index in [1.807, 2.05) is 24.5 Å². The van der Waals surface area contributed by atoms with E-state index in [-0.39, 0.29) is 18.1 Å².